The number of aromatic nitrogens is 6. The molecule has 7 rings (SSSR count). The molecule has 0 unspecified atom stereocenters. The number of halogens is 2. The van der Waals surface area contributed by atoms with Crippen LogP contribution in [0.4, 0.5) is 11.6 Å². The van der Waals surface area contributed by atoms with Crippen molar-refractivity contribution >= 4 is 51.9 Å². The number of nitrogens with two attached hydrogens (primary N) is 1. The van der Waals surface area contributed by atoms with Crippen LogP contribution in [0.1, 0.15) is 12.5 Å². The average Bonchev–Trinajstić information content (AvgIpc) is 3.90. The fourth-order valence-electron chi connectivity index (χ4n) is 5.89. The van der Waals surface area contributed by atoms with E-state index in [-0.39, 0.29) is 49.0 Å². The lowest BCUT2D eigenvalue weighted by Crippen LogP contribution is -2.48. The molecule has 16 nitrogen and oxygen atoms in total. The number of nitrogens with zero attached hydrogens (tertiary/aromatic N) is 7. The lowest BCUT2D eigenvalue weighted by molar-refractivity contribution is -0.189. The summed E-state index contributed by atoms with van der Waals surface area (Å²) in [7, 11) is 0. The number of carbonyl (C=O) groups is 1. The van der Waals surface area contributed by atoms with Gasteiger partial charge in [-0.25, -0.2) is 9.97 Å². The summed E-state index contributed by atoms with van der Waals surface area (Å²) in [5.41, 5.74) is 7.42. The molecule has 2 aromatic carbocycles. The number of hydrogen-bond donors (Lipinski definition) is 3. The second kappa shape index (κ2) is 16.8. The Hall–Kier alpha value is -4.71. The fraction of sp³-hybridized carbons (Fsp3) is 0.382. The van der Waals surface area contributed by atoms with Gasteiger partial charge in [-0.2, -0.15) is 4.98 Å². The Kier molecular flexibility index (Phi) is 11.9. The number of anilines is 2. The molecule has 18 heteroatoms. The molecule has 0 radical (unpaired) electrons. The van der Waals surface area contributed by atoms with E-state index >= 15 is 0 Å². The normalized spacial score (nSPS) is 18.7. The van der Waals surface area contributed by atoms with Gasteiger partial charge in [0.05, 0.1) is 44.0 Å². The van der Waals surface area contributed by atoms with Crippen molar-refractivity contribution < 1.29 is 28.8 Å². The molecule has 2 atom stereocenters. The number of nitrogen functional groups attached to an aromatic ring is 1. The van der Waals surface area contributed by atoms with Crippen LogP contribution in [0.2, 0.25) is 10.0 Å². The number of rotatable bonds is 11. The lowest BCUT2D eigenvalue weighted by atomic mass is 10.1. The molecule has 2 aliphatic rings. The topological polar surface area (TPSA) is 188 Å². The number of aromatic amines is 1. The summed E-state index contributed by atoms with van der Waals surface area (Å²) < 4.78 is 27.2. The number of ether oxygens (including phenoxy) is 4. The van der Waals surface area contributed by atoms with E-state index in [1.54, 1.807) is 31.6 Å². The molecular weight excluding hydrogens is 717 g/mol. The Morgan fingerprint density at radius 2 is 1.92 bits per heavy atom. The van der Waals surface area contributed by atoms with Gasteiger partial charge in [-0.15, -0.1) is 0 Å². The molecule has 5 aromatic rings. The van der Waals surface area contributed by atoms with Crippen LogP contribution in [0.25, 0.3) is 11.2 Å². The molecule has 5 heterocycles. The van der Waals surface area contributed by atoms with Gasteiger partial charge in [0, 0.05) is 61.8 Å². The third-order valence-electron chi connectivity index (χ3n) is 8.47. The van der Waals surface area contributed by atoms with E-state index in [2.05, 4.69) is 24.8 Å². The van der Waals surface area contributed by atoms with Gasteiger partial charge in [-0.1, -0.05) is 29.3 Å². The number of hydrogen-bond acceptors (Lipinski definition) is 12. The summed E-state index contributed by atoms with van der Waals surface area (Å²) in [5.74, 6) is -0.172. The zero-order valence-electron chi connectivity index (χ0n) is 28.4. The maximum absolute atomic E-state index is 11.6. The van der Waals surface area contributed by atoms with Crippen molar-refractivity contribution in [1.29, 1.82) is 0 Å². The molecule has 276 valence electrons. The van der Waals surface area contributed by atoms with Crippen LogP contribution in [-0.4, -0.2) is 104 Å². The molecule has 0 saturated carbocycles. The Morgan fingerprint density at radius 3 is 2.62 bits per heavy atom. The lowest BCUT2D eigenvalue weighted by Gasteiger charge is -2.35. The first-order valence-corrected chi connectivity index (χ1v) is 17.3. The van der Waals surface area contributed by atoms with Crippen LogP contribution in [0.15, 0.2) is 72.3 Å². The highest BCUT2D eigenvalue weighted by molar-refractivity contribution is 6.35. The van der Waals surface area contributed by atoms with Crippen LogP contribution < -0.4 is 20.9 Å². The van der Waals surface area contributed by atoms with Gasteiger partial charge in [0.25, 0.3) is 5.56 Å². The molecule has 2 aliphatic heterocycles. The summed E-state index contributed by atoms with van der Waals surface area (Å²) in [6.07, 6.45) is 6.41. The SMILES string of the molecule is CC(=O)N1CCN(c2ccc(OC[C@H]3CO[C@](Cn4ccnc4)(c4ccc(Cl)cc4Cl)O3)cc2)CC1.Nc1nc2c(ncn2COCCO)c(=O)[nH]1. The average molecular weight is 757 g/mol. The van der Waals surface area contributed by atoms with Gasteiger partial charge in [0.1, 0.15) is 25.2 Å². The van der Waals surface area contributed by atoms with Crippen molar-refractivity contribution in [3.8, 4) is 5.75 Å². The molecule has 3 aromatic heterocycles. The Balaban J connectivity index is 0.000000242. The van der Waals surface area contributed by atoms with Crippen molar-refractivity contribution in [2.45, 2.75) is 32.1 Å². The number of fused-ring (bicyclic) bond motifs is 1. The zero-order chi connectivity index (χ0) is 36.7. The predicted octanol–water partition coefficient (Wildman–Crippen LogP) is 2.87. The summed E-state index contributed by atoms with van der Waals surface area (Å²) in [6, 6.07) is 13.3. The highest BCUT2D eigenvalue weighted by atomic mass is 35.5. The van der Waals surface area contributed by atoms with E-state index in [0.29, 0.717) is 41.0 Å². The van der Waals surface area contributed by atoms with Crippen LogP contribution in [0.5, 0.6) is 5.75 Å². The van der Waals surface area contributed by atoms with Crippen LogP contribution in [-0.2, 0) is 38.1 Å². The van der Waals surface area contributed by atoms with E-state index in [9.17, 15) is 9.59 Å². The first kappa shape index (κ1) is 37.1. The third kappa shape index (κ3) is 8.83. The monoisotopic (exact) mass is 755 g/mol. The number of nitrogens with one attached hydrogen (secondary N) is 1. The minimum absolute atomic E-state index is 0.0291. The zero-order valence-corrected chi connectivity index (χ0v) is 29.9. The van der Waals surface area contributed by atoms with Gasteiger partial charge in [-0.3, -0.25) is 19.1 Å². The number of H-pyrrole nitrogens is 1. The van der Waals surface area contributed by atoms with E-state index in [1.807, 2.05) is 46.0 Å². The van der Waals surface area contributed by atoms with Crippen molar-refractivity contribution in [2.24, 2.45) is 0 Å². The number of aliphatic hydroxyl groups is 1. The molecule has 52 heavy (non-hydrogen) atoms. The number of carbonyl (C=O) groups excluding carboxylic acids is 1. The van der Waals surface area contributed by atoms with E-state index in [4.69, 9.17) is 53.0 Å². The maximum Gasteiger partial charge on any atom is 0.280 e. The van der Waals surface area contributed by atoms with Crippen LogP contribution >= 0.6 is 23.2 Å². The Morgan fingerprint density at radius 1 is 1.13 bits per heavy atom. The van der Waals surface area contributed by atoms with Crippen molar-refractivity contribution in [1.82, 2.24) is 34.0 Å². The van der Waals surface area contributed by atoms with Crippen LogP contribution in [0.3, 0.4) is 0 Å². The molecular formula is C34H39Cl2N9O7. The quantitative estimate of drug-likeness (QED) is 0.168. The molecule has 0 bridgehead atoms. The van der Waals surface area contributed by atoms with Gasteiger partial charge < -0.3 is 44.2 Å². The van der Waals surface area contributed by atoms with Gasteiger partial charge >= 0.3 is 0 Å². The number of aliphatic hydroxyl groups excluding tert-OH is 1. The van der Waals surface area contributed by atoms with Gasteiger partial charge in [-0.05, 0) is 36.4 Å². The second-order valence-corrected chi connectivity index (χ2v) is 12.9. The van der Waals surface area contributed by atoms with Gasteiger partial charge in [0.2, 0.25) is 17.6 Å². The Labute approximate surface area is 308 Å². The minimum atomic E-state index is -1.08. The molecule has 1 amide bonds. The smallest absolute Gasteiger partial charge is 0.280 e. The highest BCUT2D eigenvalue weighted by Crippen LogP contribution is 2.40. The molecule has 0 spiro atoms. The third-order valence-corrected chi connectivity index (χ3v) is 9.02. The highest BCUT2D eigenvalue weighted by Gasteiger charge is 2.45. The van der Waals surface area contributed by atoms with E-state index < -0.39 is 5.79 Å². The summed E-state index contributed by atoms with van der Waals surface area (Å²) in [5, 5.41) is 9.58. The summed E-state index contributed by atoms with van der Waals surface area (Å²) in [4.78, 5) is 41.4. The first-order chi connectivity index (χ1) is 25.1. The summed E-state index contributed by atoms with van der Waals surface area (Å²) in [6.45, 7) is 6.10. The maximum atomic E-state index is 11.6. The first-order valence-electron chi connectivity index (χ1n) is 16.5. The summed E-state index contributed by atoms with van der Waals surface area (Å²) >= 11 is 12.7. The van der Waals surface area contributed by atoms with Crippen LogP contribution in [0, 0.1) is 0 Å². The van der Waals surface area contributed by atoms with E-state index in [1.165, 1.54) is 10.9 Å². The van der Waals surface area contributed by atoms with Gasteiger partial charge in [0.15, 0.2) is 11.2 Å². The van der Waals surface area contributed by atoms with Crippen molar-refractivity contribution in [3.63, 3.8) is 0 Å². The second-order valence-electron chi connectivity index (χ2n) is 12.1. The molecule has 0 aliphatic carbocycles. The largest absolute Gasteiger partial charge is 0.491 e. The molecule has 2 fully saturated rings. The minimum Gasteiger partial charge on any atom is -0.491 e. The standard InChI is InChI=1S/C26H28Cl2N4O4.C8H11N5O3/c1-19(33)31-10-12-32(13-11-31)21-3-5-22(6-4-21)34-15-23-16-35-26(36-23,17-30-9-8-29-18-30)24-7-2-20(27)14-25(24)28;9-8-11-6-5(7(15)12-8)10-3-13(6)4-16-2-1-14/h2-9,14,18,23H,10-13,15-17H2,1H3;3,14H,1-2,4H2,(H3,9,11,12,15)/t23-,26-;/m0./s1. The number of piperazine rings is 1. The number of imidazole rings is 2. The molecule has 2 saturated heterocycles. The predicted molar refractivity (Wildman–Crippen MR) is 193 cm³/mol. The van der Waals surface area contributed by atoms with E-state index in [0.717, 1.165) is 37.6 Å². The number of amides is 1. The Bertz CT molecular complexity index is 2000. The van der Waals surface area contributed by atoms with Crippen molar-refractivity contribution in [3.05, 3.63) is 93.5 Å². The number of benzene rings is 2. The molecule has 4 N–H and O–H groups in total. The fourth-order valence-corrected chi connectivity index (χ4v) is 6.44. The van der Waals surface area contributed by atoms with Crippen molar-refractivity contribution in [2.75, 3.05) is 63.2 Å².